The third-order valence-electron chi connectivity index (χ3n) is 2.62. The van der Waals surface area contributed by atoms with E-state index >= 15 is 0 Å². The van der Waals surface area contributed by atoms with Gasteiger partial charge in [0.2, 0.25) is 10.0 Å². The second-order valence-electron chi connectivity index (χ2n) is 4.17. The molecule has 0 bridgehead atoms. The summed E-state index contributed by atoms with van der Waals surface area (Å²) < 4.78 is 24.9. The van der Waals surface area contributed by atoms with Crippen LogP contribution >= 0.6 is 0 Å². The molecule has 84 valence electrons. The number of aliphatic hydroxyl groups is 1. The zero-order valence-electron chi connectivity index (χ0n) is 8.81. The first-order chi connectivity index (χ1) is 6.47. The molecule has 1 aliphatic rings. The molecule has 2 atom stereocenters. The minimum absolute atomic E-state index is 0.0251. The van der Waals surface area contributed by atoms with Crippen LogP contribution in [-0.2, 0) is 10.0 Å². The predicted molar refractivity (Wildman–Crippen MR) is 55.4 cm³/mol. The van der Waals surface area contributed by atoms with Crippen LogP contribution in [0.15, 0.2) is 0 Å². The van der Waals surface area contributed by atoms with Crippen molar-refractivity contribution in [3.8, 4) is 0 Å². The van der Waals surface area contributed by atoms with Crippen LogP contribution in [0.4, 0.5) is 0 Å². The molecule has 0 aromatic rings. The molecular weight excluding hydrogens is 202 g/mol. The van der Waals surface area contributed by atoms with Gasteiger partial charge in [0.15, 0.2) is 0 Å². The van der Waals surface area contributed by atoms with Gasteiger partial charge in [-0.1, -0.05) is 6.92 Å². The van der Waals surface area contributed by atoms with Gasteiger partial charge < -0.3 is 5.11 Å². The summed E-state index contributed by atoms with van der Waals surface area (Å²) in [6.07, 6.45) is 1.41. The minimum atomic E-state index is -3.01. The fourth-order valence-corrected chi connectivity index (χ4v) is 4.06. The first kappa shape index (κ1) is 11.9. The molecule has 0 spiro atoms. The van der Waals surface area contributed by atoms with Crippen LogP contribution < -0.4 is 0 Å². The van der Waals surface area contributed by atoms with Crippen molar-refractivity contribution in [3.63, 3.8) is 0 Å². The molecule has 1 aliphatic heterocycles. The van der Waals surface area contributed by atoms with Gasteiger partial charge in [-0.05, 0) is 25.7 Å². The van der Waals surface area contributed by atoms with Gasteiger partial charge in [0.1, 0.15) is 0 Å². The van der Waals surface area contributed by atoms with Crippen molar-refractivity contribution in [2.24, 2.45) is 5.92 Å². The Balaban J connectivity index is 2.59. The monoisotopic (exact) mass is 221 g/mol. The van der Waals surface area contributed by atoms with E-state index in [4.69, 9.17) is 5.11 Å². The third-order valence-corrected chi connectivity index (χ3v) is 4.83. The summed E-state index contributed by atoms with van der Waals surface area (Å²) in [6.45, 7) is 4.63. The largest absolute Gasteiger partial charge is 0.396 e. The van der Waals surface area contributed by atoms with Crippen LogP contribution in [0.25, 0.3) is 0 Å². The van der Waals surface area contributed by atoms with Crippen molar-refractivity contribution < 1.29 is 13.5 Å². The maximum Gasteiger partial charge on any atom is 0.214 e. The standard InChI is InChI=1S/C9H19NO3S/c1-8-6-10(14(12,13)7-8)9(2)4-3-5-11/h8-9,11H,3-7H2,1-2H3. The molecule has 0 radical (unpaired) electrons. The van der Waals surface area contributed by atoms with Gasteiger partial charge in [0, 0.05) is 19.2 Å². The Morgan fingerprint density at radius 1 is 1.57 bits per heavy atom. The number of rotatable bonds is 4. The molecule has 1 saturated heterocycles. The van der Waals surface area contributed by atoms with Gasteiger partial charge in [0.25, 0.3) is 0 Å². The van der Waals surface area contributed by atoms with Crippen molar-refractivity contribution in [1.29, 1.82) is 0 Å². The molecule has 0 saturated carbocycles. The van der Waals surface area contributed by atoms with Crippen molar-refractivity contribution in [3.05, 3.63) is 0 Å². The second kappa shape index (κ2) is 4.59. The number of aliphatic hydroxyl groups excluding tert-OH is 1. The topological polar surface area (TPSA) is 57.6 Å². The smallest absolute Gasteiger partial charge is 0.214 e. The summed E-state index contributed by atoms with van der Waals surface area (Å²) in [5, 5.41) is 8.67. The lowest BCUT2D eigenvalue weighted by Crippen LogP contribution is -2.34. The molecular formula is C9H19NO3S. The number of hydrogen-bond acceptors (Lipinski definition) is 3. The highest BCUT2D eigenvalue weighted by atomic mass is 32.2. The fourth-order valence-electron chi connectivity index (χ4n) is 1.91. The lowest BCUT2D eigenvalue weighted by molar-refractivity contribution is 0.255. The summed E-state index contributed by atoms with van der Waals surface area (Å²) in [5.74, 6) is 0.507. The summed E-state index contributed by atoms with van der Waals surface area (Å²) >= 11 is 0. The first-order valence-electron chi connectivity index (χ1n) is 5.07. The fraction of sp³-hybridized carbons (Fsp3) is 1.00. The lowest BCUT2D eigenvalue weighted by atomic mass is 10.1. The summed E-state index contributed by atoms with van der Waals surface area (Å²) in [7, 11) is -3.01. The highest BCUT2D eigenvalue weighted by molar-refractivity contribution is 7.89. The zero-order chi connectivity index (χ0) is 10.8. The summed E-state index contributed by atoms with van der Waals surface area (Å²) in [4.78, 5) is 0. The van der Waals surface area contributed by atoms with E-state index in [2.05, 4.69) is 0 Å². The average molecular weight is 221 g/mol. The van der Waals surface area contributed by atoms with Gasteiger partial charge in [-0.3, -0.25) is 0 Å². The minimum Gasteiger partial charge on any atom is -0.396 e. The first-order valence-corrected chi connectivity index (χ1v) is 6.68. The zero-order valence-corrected chi connectivity index (χ0v) is 9.63. The van der Waals surface area contributed by atoms with Crippen LogP contribution in [0.2, 0.25) is 0 Å². The highest BCUT2D eigenvalue weighted by Gasteiger charge is 2.36. The quantitative estimate of drug-likeness (QED) is 0.749. The summed E-state index contributed by atoms with van der Waals surface area (Å²) in [6, 6.07) is 0.0251. The van der Waals surface area contributed by atoms with E-state index in [0.29, 0.717) is 13.0 Å². The molecule has 0 aromatic heterocycles. The van der Waals surface area contributed by atoms with Crippen molar-refractivity contribution in [2.75, 3.05) is 18.9 Å². The highest BCUT2D eigenvalue weighted by Crippen LogP contribution is 2.23. The van der Waals surface area contributed by atoms with Gasteiger partial charge in [-0.2, -0.15) is 4.31 Å². The third kappa shape index (κ3) is 2.68. The molecule has 2 unspecified atom stereocenters. The van der Waals surface area contributed by atoms with Gasteiger partial charge in [-0.25, -0.2) is 8.42 Å². The van der Waals surface area contributed by atoms with E-state index in [1.165, 1.54) is 0 Å². The predicted octanol–water partition coefficient (Wildman–Crippen LogP) is 0.429. The number of nitrogens with zero attached hydrogens (tertiary/aromatic N) is 1. The SMILES string of the molecule is CC1CN(C(C)CCCO)S(=O)(=O)C1. The molecule has 1 N–H and O–H groups in total. The van der Waals surface area contributed by atoms with Crippen LogP contribution in [0.1, 0.15) is 26.7 Å². The molecule has 4 nitrogen and oxygen atoms in total. The lowest BCUT2D eigenvalue weighted by Gasteiger charge is -2.22. The van der Waals surface area contributed by atoms with E-state index in [0.717, 1.165) is 6.42 Å². The molecule has 0 aliphatic carbocycles. The Hall–Kier alpha value is -0.130. The van der Waals surface area contributed by atoms with Crippen LogP contribution in [0.3, 0.4) is 0 Å². The van der Waals surface area contributed by atoms with Gasteiger partial charge in [-0.15, -0.1) is 0 Å². The summed E-state index contributed by atoms with van der Waals surface area (Å²) in [5.41, 5.74) is 0. The maximum atomic E-state index is 11.6. The van der Waals surface area contributed by atoms with E-state index in [9.17, 15) is 8.42 Å². The van der Waals surface area contributed by atoms with Crippen LogP contribution in [-0.4, -0.2) is 42.8 Å². The molecule has 1 fully saturated rings. The van der Waals surface area contributed by atoms with E-state index < -0.39 is 10.0 Å². The Morgan fingerprint density at radius 3 is 2.64 bits per heavy atom. The van der Waals surface area contributed by atoms with E-state index in [1.807, 2.05) is 13.8 Å². The number of sulfonamides is 1. The van der Waals surface area contributed by atoms with Crippen molar-refractivity contribution >= 4 is 10.0 Å². The molecule has 0 aromatic carbocycles. The molecule has 0 amide bonds. The number of hydrogen-bond donors (Lipinski definition) is 1. The van der Waals surface area contributed by atoms with E-state index in [1.54, 1.807) is 4.31 Å². The van der Waals surface area contributed by atoms with Crippen LogP contribution in [0, 0.1) is 5.92 Å². The van der Waals surface area contributed by atoms with E-state index in [-0.39, 0.29) is 24.3 Å². The van der Waals surface area contributed by atoms with Gasteiger partial charge >= 0.3 is 0 Å². The Kier molecular flexibility index (Phi) is 3.92. The Morgan fingerprint density at radius 2 is 2.21 bits per heavy atom. The van der Waals surface area contributed by atoms with Gasteiger partial charge in [0.05, 0.1) is 5.75 Å². The molecule has 1 rings (SSSR count). The molecule has 5 heteroatoms. The van der Waals surface area contributed by atoms with Crippen molar-refractivity contribution in [1.82, 2.24) is 4.31 Å². The normalized spacial score (nSPS) is 29.2. The molecule has 14 heavy (non-hydrogen) atoms. The van der Waals surface area contributed by atoms with Crippen LogP contribution in [0.5, 0.6) is 0 Å². The molecule has 1 heterocycles. The average Bonchev–Trinajstić information content (AvgIpc) is 2.35. The second-order valence-corrected chi connectivity index (χ2v) is 6.13. The van der Waals surface area contributed by atoms with Crippen molar-refractivity contribution in [2.45, 2.75) is 32.7 Å². The maximum absolute atomic E-state index is 11.6. The Labute approximate surface area is 86.0 Å². The Bertz CT molecular complexity index is 276.